The van der Waals surface area contributed by atoms with Gasteiger partial charge in [-0.1, -0.05) is 24.3 Å². The zero-order chi connectivity index (χ0) is 18.3. The van der Waals surface area contributed by atoms with Crippen molar-refractivity contribution in [3.8, 4) is 0 Å². The number of carbonyl (C=O) groups is 3. The van der Waals surface area contributed by atoms with E-state index < -0.39 is 42.2 Å². The van der Waals surface area contributed by atoms with E-state index in [1.54, 1.807) is 0 Å². The zero-order valence-electron chi connectivity index (χ0n) is 11.4. The molecule has 11 heteroatoms. The van der Waals surface area contributed by atoms with E-state index in [0.29, 0.717) is 0 Å². The molecule has 1 aromatic carbocycles. The number of hydrogen-bond donors (Lipinski definition) is 1. The molecule has 1 aromatic rings. The molecule has 24 heavy (non-hydrogen) atoms. The molecular weight excluding hydrogens is 348 g/mol. The van der Waals surface area contributed by atoms with Gasteiger partial charge < -0.3 is 10.1 Å². The van der Waals surface area contributed by atoms with Gasteiger partial charge in [0.2, 0.25) is 5.78 Å². The van der Waals surface area contributed by atoms with Crippen LogP contribution in [0.25, 0.3) is 0 Å². The van der Waals surface area contributed by atoms with Crippen LogP contribution in [-0.4, -0.2) is 36.1 Å². The molecule has 1 amide bonds. The predicted octanol–water partition coefficient (Wildman–Crippen LogP) is 2.08. The van der Waals surface area contributed by atoms with E-state index in [2.05, 4.69) is 4.74 Å². The Morgan fingerprint density at radius 1 is 1.00 bits per heavy atom. The number of hydrogen-bond acceptors (Lipinski definition) is 4. The molecule has 2 atom stereocenters. The van der Waals surface area contributed by atoms with Crippen LogP contribution in [0.3, 0.4) is 0 Å². The second-order valence-corrected chi connectivity index (χ2v) is 4.72. The summed E-state index contributed by atoms with van der Waals surface area (Å²) in [5, 5.41) is 1.38. The first kappa shape index (κ1) is 17.8. The topological polar surface area (TPSA) is 72.5 Å². The van der Waals surface area contributed by atoms with Gasteiger partial charge in [0.05, 0.1) is 6.04 Å². The number of esters is 1. The summed E-state index contributed by atoms with van der Waals surface area (Å²) in [7, 11) is 0. The number of Topliss-reactive ketones (excluding diaryl/α,β-unsaturated/α-hetero) is 1. The van der Waals surface area contributed by atoms with Crippen molar-refractivity contribution in [2.45, 2.75) is 24.5 Å². The summed E-state index contributed by atoms with van der Waals surface area (Å²) in [4.78, 5) is 34.0. The third-order valence-corrected chi connectivity index (χ3v) is 3.13. The molecule has 0 heterocycles. The summed E-state index contributed by atoms with van der Waals surface area (Å²) in [6.45, 7) is 0. The second kappa shape index (κ2) is 5.80. The minimum atomic E-state index is -5.45. The Bertz CT molecular complexity index is 696. The van der Waals surface area contributed by atoms with Crippen LogP contribution in [-0.2, 0) is 14.3 Å². The van der Waals surface area contributed by atoms with Gasteiger partial charge in [0.15, 0.2) is 6.10 Å². The van der Waals surface area contributed by atoms with Crippen molar-refractivity contribution < 1.29 is 45.5 Å². The van der Waals surface area contributed by atoms with Gasteiger partial charge in [0.25, 0.3) is 0 Å². The zero-order valence-corrected chi connectivity index (χ0v) is 11.4. The highest BCUT2D eigenvalue weighted by Crippen LogP contribution is 2.35. The minimum absolute atomic E-state index is 0.180. The van der Waals surface area contributed by atoms with E-state index in [-0.39, 0.29) is 11.1 Å². The van der Waals surface area contributed by atoms with E-state index in [4.69, 9.17) is 0 Å². The van der Waals surface area contributed by atoms with Gasteiger partial charge in [0, 0.05) is 5.56 Å². The predicted molar refractivity (Wildman–Crippen MR) is 63.6 cm³/mol. The Morgan fingerprint density at radius 2 is 1.58 bits per heavy atom. The average molecular weight is 355 g/mol. The number of ether oxygens (including phenoxy) is 1. The molecule has 0 bridgehead atoms. The molecule has 5 nitrogen and oxygen atoms in total. The summed E-state index contributed by atoms with van der Waals surface area (Å²) in [6, 6.07) is 3.00. The average Bonchev–Trinajstić information content (AvgIpc) is 2.71. The van der Waals surface area contributed by atoms with E-state index >= 15 is 0 Å². The van der Waals surface area contributed by atoms with Crippen LogP contribution in [0, 0.1) is 0 Å². The van der Waals surface area contributed by atoms with Crippen molar-refractivity contribution in [2.75, 3.05) is 0 Å². The molecular formula is C13H7F6NO4. The van der Waals surface area contributed by atoms with Crippen LogP contribution in [0.1, 0.15) is 22.0 Å². The van der Waals surface area contributed by atoms with E-state index in [0.717, 1.165) is 12.1 Å². The molecule has 1 aliphatic carbocycles. The van der Waals surface area contributed by atoms with Gasteiger partial charge in [0.1, 0.15) is 0 Å². The number of rotatable bonds is 2. The summed E-state index contributed by atoms with van der Waals surface area (Å²) < 4.78 is 78.0. The quantitative estimate of drug-likeness (QED) is 0.651. The molecule has 1 N–H and O–H groups in total. The molecule has 0 unspecified atom stereocenters. The molecule has 2 rings (SSSR count). The molecule has 0 aliphatic heterocycles. The highest BCUT2D eigenvalue weighted by molar-refractivity contribution is 6.06. The Balaban J connectivity index is 2.36. The van der Waals surface area contributed by atoms with Crippen LogP contribution in [0.5, 0.6) is 0 Å². The van der Waals surface area contributed by atoms with Crippen LogP contribution in [0.15, 0.2) is 24.3 Å². The largest absolute Gasteiger partial charge is 0.490 e. The van der Waals surface area contributed by atoms with Gasteiger partial charge >= 0.3 is 24.2 Å². The summed E-state index contributed by atoms with van der Waals surface area (Å²) in [5.41, 5.74) is -0.426. The summed E-state index contributed by atoms with van der Waals surface area (Å²) >= 11 is 0. The van der Waals surface area contributed by atoms with Gasteiger partial charge in [-0.25, -0.2) is 4.79 Å². The normalized spacial score (nSPS) is 20.5. The van der Waals surface area contributed by atoms with Crippen molar-refractivity contribution in [3.05, 3.63) is 35.4 Å². The number of halogens is 6. The Hall–Kier alpha value is -2.59. The van der Waals surface area contributed by atoms with Crippen LogP contribution < -0.4 is 5.32 Å². The molecule has 1 aliphatic rings. The number of fused-ring (bicyclic) bond motifs is 1. The van der Waals surface area contributed by atoms with Crippen molar-refractivity contribution in [2.24, 2.45) is 0 Å². The first-order valence-electron chi connectivity index (χ1n) is 6.21. The first-order chi connectivity index (χ1) is 10.9. The maximum absolute atomic E-state index is 12.4. The lowest BCUT2D eigenvalue weighted by atomic mass is 10.1. The third kappa shape index (κ3) is 3.34. The number of benzene rings is 1. The number of carbonyl (C=O) groups excluding carboxylic acids is 3. The third-order valence-electron chi connectivity index (χ3n) is 3.13. The van der Waals surface area contributed by atoms with Gasteiger partial charge in [-0.3, -0.25) is 9.59 Å². The fourth-order valence-electron chi connectivity index (χ4n) is 2.14. The number of amides is 1. The van der Waals surface area contributed by atoms with Gasteiger partial charge in [-0.15, -0.1) is 0 Å². The van der Waals surface area contributed by atoms with E-state index in [1.807, 2.05) is 0 Å². The first-order valence-corrected chi connectivity index (χ1v) is 6.21. The number of nitrogens with one attached hydrogen (secondary N) is 1. The lowest BCUT2D eigenvalue weighted by molar-refractivity contribution is -0.204. The standard InChI is InChI=1S/C13H7F6NO4/c14-12(15,16)10(22)20-7-5-3-1-2-4-6(5)8(21)9(7)24-11(23)13(17,18)19/h1-4,7,9H,(H,20,22)/t7-,9+/m1/s1. The highest BCUT2D eigenvalue weighted by Gasteiger charge is 2.51. The van der Waals surface area contributed by atoms with Crippen molar-refractivity contribution in [1.29, 1.82) is 0 Å². The highest BCUT2D eigenvalue weighted by atomic mass is 19.4. The molecule has 0 saturated carbocycles. The Labute approximate surface area is 129 Å². The number of alkyl halides is 6. The van der Waals surface area contributed by atoms with Crippen LogP contribution in [0.2, 0.25) is 0 Å². The molecule has 130 valence electrons. The Morgan fingerprint density at radius 3 is 2.12 bits per heavy atom. The molecule has 0 radical (unpaired) electrons. The maximum atomic E-state index is 12.4. The second-order valence-electron chi connectivity index (χ2n) is 4.72. The lowest BCUT2D eigenvalue weighted by Gasteiger charge is -2.22. The lowest BCUT2D eigenvalue weighted by Crippen LogP contribution is -2.45. The number of ketones is 1. The molecule has 0 saturated heterocycles. The molecule has 0 spiro atoms. The van der Waals surface area contributed by atoms with Crippen molar-refractivity contribution >= 4 is 17.7 Å². The van der Waals surface area contributed by atoms with E-state index in [9.17, 15) is 40.7 Å². The maximum Gasteiger partial charge on any atom is 0.490 e. The van der Waals surface area contributed by atoms with Crippen LogP contribution in [0.4, 0.5) is 26.3 Å². The van der Waals surface area contributed by atoms with Gasteiger partial charge in [-0.05, 0) is 5.56 Å². The van der Waals surface area contributed by atoms with Gasteiger partial charge in [-0.2, -0.15) is 26.3 Å². The summed E-state index contributed by atoms with van der Waals surface area (Å²) in [5.74, 6) is -6.37. The Kier molecular flexibility index (Phi) is 4.29. The molecule has 0 fully saturated rings. The monoisotopic (exact) mass is 355 g/mol. The minimum Gasteiger partial charge on any atom is -0.445 e. The van der Waals surface area contributed by atoms with Crippen molar-refractivity contribution in [1.82, 2.24) is 5.32 Å². The molecule has 0 aromatic heterocycles. The fraction of sp³-hybridized carbons (Fsp3) is 0.308. The van der Waals surface area contributed by atoms with Crippen LogP contribution >= 0.6 is 0 Å². The fourth-order valence-corrected chi connectivity index (χ4v) is 2.14. The SMILES string of the molecule is O=C1c2ccccc2[C@@H](NC(=O)C(F)(F)F)[C@@H]1OC(=O)C(F)(F)F. The smallest absolute Gasteiger partial charge is 0.445 e. The summed E-state index contributed by atoms with van der Waals surface area (Å²) in [6.07, 6.45) is -13.0. The van der Waals surface area contributed by atoms with E-state index in [1.165, 1.54) is 17.4 Å². The van der Waals surface area contributed by atoms with Crippen molar-refractivity contribution in [3.63, 3.8) is 0 Å².